The summed E-state index contributed by atoms with van der Waals surface area (Å²) >= 11 is 0. The van der Waals surface area contributed by atoms with Crippen LogP contribution in [0.15, 0.2) is 21.8 Å². The highest BCUT2D eigenvalue weighted by Crippen LogP contribution is 2.40. The molecule has 6 nitrogen and oxygen atoms in total. The lowest BCUT2D eigenvalue weighted by atomic mass is 10.1. The van der Waals surface area contributed by atoms with E-state index in [9.17, 15) is 0 Å². The van der Waals surface area contributed by atoms with Crippen LogP contribution in [0.1, 0.15) is 83.6 Å². The standard InChI is InChI=1S/C25H39N5OSi/c1-17(2)32(18(3)4,19(5)6)25-28-14-21(31-25)16-30-12-10-22-20(15-30)13-27-24(29-22)23-9-7-8-11-26-23/h13-14,17-19H,7-12,15-16H2,1-6H3. The van der Waals surface area contributed by atoms with Gasteiger partial charge in [-0.3, -0.25) is 9.89 Å². The van der Waals surface area contributed by atoms with Crippen LogP contribution in [-0.2, 0) is 19.5 Å². The van der Waals surface area contributed by atoms with Crippen molar-refractivity contribution in [2.24, 2.45) is 4.99 Å². The minimum atomic E-state index is -1.86. The smallest absolute Gasteiger partial charge is 0.173 e. The molecule has 2 aliphatic heterocycles. The van der Waals surface area contributed by atoms with Crippen molar-refractivity contribution in [3.05, 3.63) is 35.2 Å². The second-order valence-electron chi connectivity index (χ2n) is 10.4. The number of aliphatic imine (C=N–C) groups is 1. The van der Waals surface area contributed by atoms with Gasteiger partial charge in [0.15, 0.2) is 19.4 Å². The third-order valence-electron chi connectivity index (χ3n) is 7.56. The van der Waals surface area contributed by atoms with Crippen LogP contribution < -0.4 is 5.51 Å². The Morgan fingerprint density at radius 2 is 1.72 bits per heavy atom. The van der Waals surface area contributed by atoms with Crippen molar-refractivity contribution < 1.29 is 4.42 Å². The molecule has 32 heavy (non-hydrogen) atoms. The Bertz CT molecular complexity index is 943. The molecule has 0 aliphatic carbocycles. The quantitative estimate of drug-likeness (QED) is 0.559. The summed E-state index contributed by atoms with van der Waals surface area (Å²) in [5.74, 6) is 1.82. The van der Waals surface area contributed by atoms with E-state index in [1.807, 2.05) is 12.4 Å². The average molecular weight is 454 g/mol. The van der Waals surface area contributed by atoms with Crippen LogP contribution in [0.25, 0.3) is 0 Å². The molecule has 174 valence electrons. The number of hydrogen-bond acceptors (Lipinski definition) is 6. The molecule has 0 bridgehead atoms. The molecule has 0 amide bonds. The Kier molecular flexibility index (Phi) is 6.96. The van der Waals surface area contributed by atoms with Crippen molar-refractivity contribution in [1.29, 1.82) is 0 Å². The largest absolute Gasteiger partial charge is 0.449 e. The number of fused-ring (bicyclic) bond motifs is 1. The van der Waals surface area contributed by atoms with Gasteiger partial charge in [-0.15, -0.1) is 0 Å². The molecule has 0 fully saturated rings. The third kappa shape index (κ3) is 4.33. The summed E-state index contributed by atoms with van der Waals surface area (Å²) in [6.07, 6.45) is 8.32. The molecule has 0 saturated carbocycles. The molecule has 4 rings (SSSR count). The van der Waals surface area contributed by atoms with Gasteiger partial charge in [-0.2, -0.15) is 0 Å². The molecule has 4 heterocycles. The first-order chi connectivity index (χ1) is 15.3. The normalized spacial score (nSPS) is 17.8. The van der Waals surface area contributed by atoms with Crippen molar-refractivity contribution >= 4 is 19.3 Å². The summed E-state index contributed by atoms with van der Waals surface area (Å²) in [4.78, 5) is 21.5. The molecular formula is C25H39N5OSi. The van der Waals surface area contributed by atoms with Crippen LogP contribution in [0.4, 0.5) is 0 Å². The van der Waals surface area contributed by atoms with Gasteiger partial charge in [0.05, 0.1) is 24.1 Å². The molecule has 2 aromatic rings. The SMILES string of the molecule is CC(C)[Si](c1ncc(CN2CCc3nc(C4=NCCCC4)ncc3C2)o1)(C(C)C)C(C)C. The number of hydrogen-bond donors (Lipinski definition) is 0. The maximum absolute atomic E-state index is 6.48. The third-order valence-corrected chi connectivity index (χ3v) is 14.3. The lowest BCUT2D eigenvalue weighted by Gasteiger charge is -2.39. The van der Waals surface area contributed by atoms with E-state index in [1.54, 1.807) is 0 Å². The van der Waals surface area contributed by atoms with Gasteiger partial charge < -0.3 is 4.42 Å². The summed E-state index contributed by atoms with van der Waals surface area (Å²) in [6, 6.07) is 0. The van der Waals surface area contributed by atoms with Gasteiger partial charge in [0, 0.05) is 37.8 Å². The van der Waals surface area contributed by atoms with Crippen LogP contribution in [0, 0.1) is 0 Å². The van der Waals surface area contributed by atoms with Gasteiger partial charge in [0.2, 0.25) is 0 Å². The monoisotopic (exact) mass is 453 g/mol. The van der Waals surface area contributed by atoms with E-state index in [-0.39, 0.29) is 0 Å². The van der Waals surface area contributed by atoms with Gasteiger partial charge in [0.1, 0.15) is 5.76 Å². The zero-order valence-electron chi connectivity index (χ0n) is 20.7. The molecule has 2 aromatic heterocycles. The van der Waals surface area contributed by atoms with E-state index in [0.717, 1.165) is 61.8 Å². The lowest BCUT2D eigenvalue weighted by molar-refractivity contribution is 0.224. The van der Waals surface area contributed by atoms with E-state index in [1.165, 1.54) is 24.1 Å². The Hall–Kier alpha value is -1.86. The highest BCUT2D eigenvalue weighted by molar-refractivity contribution is 6.93. The van der Waals surface area contributed by atoms with E-state index in [2.05, 4.69) is 56.4 Å². The van der Waals surface area contributed by atoms with E-state index in [0.29, 0.717) is 16.6 Å². The fourth-order valence-electron chi connectivity index (χ4n) is 6.07. The number of rotatable bonds is 7. The van der Waals surface area contributed by atoms with Gasteiger partial charge in [-0.25, -0.2) is 15.0 Å². The molecule has 0 saturated heterocycles. The molecule has 7 heteroatoms. The van der Waals surface area contributed by atoms with Crippen molar-refractivity contribution in [3.8, 4) is 0 Å². The van der Waals surface area contributed by atoms with Gasteiger partial charge in [-0.1, -0.05) is 41.5 Å². The fourth-order valence-corrected chi connectivity index (χ4v) is 12.1. The predicted octanol–water partition coefficient (Wildman–Crippen LogP) is 4.88. The fraction of sp³-hybridized carbons (Fsp3) is 0.680. The van der Waals surface area contributed by atoms with E-state index in [4.69, 9.17) is 14.4 Å². The van der Waals surface area contributed by atoms with E-state index >= 15 is 0 Å². The van der Waals surface area contributed by atoms with Crippen LogP contribution in [0.2, 0.25) is 16.6 Å². The van der Waals surface area contributed by atoms with Gasteiger partial charge >= 0.3 is 0 Å². The van der Waals surface area contributed by atoms with Crippen LogP contribution in [0.3, 0.4) is 0 Å². The topological polar surface area (TPSA) is 67.4 Å². The summed E-state index contributed by atoms with van der Waals surface area (Å²) < 4.78 is 6.48. The zero-order chi connectivity index (χ0) is 22.9. The molecule has 2 aliphatic rings. The second kappa shape index (κ2) is 9.55. The highest BCUT2D eigenvalue weighted by atomic mass is 28.3. The predicted molar refractivity (Wildman–Crippen MR) is 132 cm³/mol. The van der Waals surface area contributed by atoms with Gasteiger partial charge in [-0.05, 0) is 35.9 Å². The summed E-state index contributed by atoms with van der Waals surface area (Å²) in [7, 11) is -1.86. The minimum absolute atomic E-state index is 0.593. The van der Waals surface area contributed by atoms with Crippen molar-refractivity contribution in [3.63, 3.8) is 0 Å². The number of nitrogens with zero attached hydrogens (tertiary/aromatic N) is 5. The average Bonchev–Trinajstić information content (AvgIpc) is 3.22. The first-order valence-electron chi connectivity index (χ1n) is 12.4. The summed E-state index contributed by atoms with van der Waals surface area (Å²) in [6.45, 7) is 17.7. The Morgan fingerprint density at radius 1 is 0.969 bits per heavy atom. The second-order valence-corrected chi connectivity index (χ2v) is 16.2. The summed E-state index contributed by atoms with van der Waals surface area (Å²) in [5.41, 5.74) is 6.31. The molecule has 0 atom stereocenters. The molecule has 0 N–H and O–H groups in total. The van der Waals surface area contributed by atoms with Crippen molar-refractivity contribution in [2.45, 2.75) is 96.9 Å². The maximum Gasteiger partial charge on any atom is 0.173 e. The first-order valence-corrected chi connectivity index (χ1v) is 14.6. The summed E-state index contributed by atoms with van der Waals surface area (Å²) in [5, 5.41) is 0. The van der Waals surface area contributed by atoms with Crippen LogP contribution in [0.5, 0.6) is 0 Å². The number of aromatic nitrogens is 3. The molecular weight excluding hydrogens is 414 g/mol. The Balaban J connectivity index is 1.48. The zero-order valence-corrected chi connectivity index (χ0v) is 21.7. The maximum atomic E-state index is 6.48. The van der Waals surface area contributed by atoms with Crippen molar-refractivity contribution in [2.75, 3.05) is 13.1 Å². The van der Waals surface area contributed by atoms with E-state index < -0.39 is 8.07 Å². The first kappa shape index (κ1) is 23.3. The number of oxazole rings is 1. The lowest BCUT2D eigenvalue weighted by Crippen LogP contribution is -2.56. The minimum Gasteiger partial charge on any atom is -0.449 e. The van der Waals surface area contributed by atoms with Crippen LogP contribution in [-0.4, -0.2) is 46.7 Å². The molecule has 0 radical (unpaired) electrons. The van der Waals surface area contributed by atoms with Crippen molar-refractivity contribution in [1.82, 2.24) is 19.9 Å². The Morgan fingerprint density at radius 3 is 2.38 bits per heavy atom. The van der Waals surface area contributed by atoms with Gasteiger partial charge in [0.25, 0.3) is 0 Å². The molecule has 0 unspecified atom stereocenters. The highest BCUT2D eigenvalue weighted by Gasteiger charge is 2.49. The molecule has 0 aromatic carbocycles. The molecule has 0 spiro atoms. The Labute approximate surface area is 194 Å². The van der Waals surface area contributed by atoms with Crippen LogP contribution >= 0.6 is 0 Å².